The molecule has 9 nitrogen and oxygen atoms in total. The Morgan fingerprint density at radius 3 is 3.00 bits per heavy atom. The number of aromatic amines is 1. The highest BCUT2D eigenvalue weighted by atomic mass is 16.5. The first kappa shape index (κ1) is 18.7. The maximum absolute atomic E-state index is 11.7. The molecule has 2 aromatic rings. The Kier molecular flexibility index (Phi) is 5.60. The van der Waals surface area contributed by atoms with Gasteiger partial charge in [0.25, 0.3) is 0 Å². The lowest BCUT2D eigenvalue weighted by atomic mass is 10.2. The van der Waals surface area contributed by atoms with Crippen LogP contribution in [0.3, 0.4) is 0 Å². The molecule has 9 heteroatoms. The second-order valence-electron chi connectivity index (χ2n) is 6.30. The lowest BCUT2D eigenvalue weighted by Crippen LogP contribution is -2.31. The van der Waals surface area contributed by atoms with Gasteiger partial charge in [-0.05, 0) is 20.3 Å². The van der Waals surface area contributed by atoms with Crippen molar-refractivity contribution in [3.05, 3.63) is 30.5 Å². The SMILES string of the molecule is C=C(C)N=C/C(=C\C)c1nc2ncnc(NC3CNC(C(=O)OC)C3)c2[nH]1. The first-order valence-electron chi connectivity index (χ1n) is 8.66. The van der Waals surface area contributed by atoms with Gasteiger partial charge in [-0.1, -0.05) is 12.7 Å². The number of anilines is 1. The largest absolute Gasteiger partial charge is 0.468 e. The fraction of sp³-hybridized carbons (Fsp3) is 0.389. The van der Waals surface area contributed by atoms with Crippen LogP contribution in [0.1, 0.15) is 26.1 Å². The van der Waals surface area contributed by atoms with Gasteiger partial charge in [0.15, 0.2) is 11.5 Å². The van der Waals surface area contributed by atoms with Crippen LogP contribution < -0.4 is 10.6 Å². The van der Waals surface area contributed by atoms with Crippen molar-refractivity contribution >= 4 is 34.7 Å². The molecule has 2 aromatic heterocycles. The molecule has 142 valence electrons. The molecule has 0 saturated carbocycles. The topological polar surface area (TPSA) is 117 Å². The average Bonchev–Trinajstić information content (AvgIpc) is 3.29. The van der Waals surface area contributed by atoms with Crippen molar-refractivity contribution in [2.75, 3.05) is 19.0 Å². The minimum atomic E-state index is -0.310. The smallest absolute Gasteiger partial charge is 0.322 e. The molecule has 1 aliphatic rings. The zero-order valence-electron chi connectivity index (χ0n) is 15.6. The van der Waals surface area contributed by atoms with Crippen molar-refractivity contribution in [2.24, 2.45) is 4.99 Å². The van der Waals surface area contributed by atoms with E-state index in [1.165, 1.54) is 13.4 Å². The molecule has 0 amide bonds. The molecule has 0 aromatic carbocycles. The molecule has 2 unspecified atom stereocenters. The minimum absolute atomic E-state index is 0.0464. The number of rotatable bonds is 6. The summed E-state index contributed by atoms with van der Waals surface area (Å²) in [4.78, 5) is 32.2. The van der Waals surface area contributed by atoms with Gasteiger partial charge in [0.2, 0.25) is 0 Å². The summed E-state index contributed by atoms with van der Waals surface area (Å²) >= 11 is 0. The molecule has 3 heterocycles. The summed E-state index contributed by atoms with van der Waals surface area (Å²) in [6.45, 7) is 8.14. The van der Waals surface area contributed by atoms with Crippen LogP contribution in [0.4, 0.5) is 5.82 Å². The summed E-state index contributed by atoms with van der Waals surface area (Å²) in [5, 5.41) is 6.50. The summed E-state index contributed by atoms with van der Waals surface area (Å²) in [6, 6.07) is -0.264. The number of aromatic nitrogens is 4. The molecule has 2 atom stereocenters. The Hall–Kier alpha value is -3.07. The van der Waals surface area contributed by atoms with Gasteiger partial charge in [-0.15, -0.1) is 0 Å². The Morgan fingerprint density at radius 2 is 2.30 bits per heavy atom. The summed E-state index contributed by atoms with van der Waals surface area (Å²) in [6.07, 6.45) is 5.70. The van der Waals surface area contributed by atoms with E-state index in [1.807, 2.05) is 19.9 Å². The first-order chi connectivity index (χ1) is 13.0. The summed E-state index contributed by atoms with van der Waals surface area (Å²) in [5.74, 6) is 1.03. The molecule has 1 saturated heterocycles. The van der Waals surface area contributed by atoms with Crippen molar-refractivity contribution in [3.8, 4) is 0 Å². The summed E-state index contributed by atoms with van der Waals surface area (Å²) in [7, 11) is 1.39. The number of imidazole rings is 1. The van der Waals surface area contributed by atoms with Crippen LogP contribution in [-0.4, -0.2) is 57.9 Å². The Bertz CT molecular complexity index is 916. The van der Waals surface area contributed by atoms with Crippen LogP contribution in [0.2, 0.25) is 0 Å². The van der Waals surface area contributed by atoms with Gasteiger partial charge < -0.3 is 20.4 Å². The molecule has 1 aliphatic heterocycles. The number of nitrogens with zero attached hydrogens (tertiary/aromatic N) is 4. The molecule has 0 radical (unpaired) electrons. The summed E-state index contributed by atoms with van der Waals surface area (Å²) in [5.41, 5.74) is 2.80. The van der Waals surface area contributed by atoms with Gasteiger partial charge in [-0.25, -0.2) is 15.0 Å². The lowest BCUT2D eigenvalue weighted by molar-refractivity contribution is -0.142. The standard InChI is InChI=1S/C18H23N7O2/c1-5-11(7-19-10(2)3)15-24-14-16(21-9-22-17(14)25-15)23-12-6-13(20-8-12)18(26)27-4/h5,7,9,12-13,20H,2,6,8H2,1,3-4H3,(H2,21,22,23,24,25)/b11-5+,19-7?. The quantitative estimate of drug-likeness (QED) is 0.524. The number of carbonyl (C=O) groups excluding carboxylic acids is 1. The van der Waals surface area contributed by atoms with E-state index in [-0.39, 0.29) is 18.1 Å². The van der Waals surface area contributed by atoms with Crippen LogP contribution in [0.5, 0.6) is 0 Å². The Labute approximate surface area is 157 Å². The first-order valence-corrected chi connectivity index (χ1v) is 8.66. The van der Waals surface area contributed by atoms with Crippen LogP contribution in [0.25, 0.3) is 16.7 Å². The number of H-pyrrole nitrogens is 1. The predicted octanol–water partition coefficient (Wildman–Crippen LogP) is 1.68. The van der Waals surface area contributed by atoms with E-state index in [0.717, 1.165) is 5.57 Å². The van der Waals surface area contributed by atoms with Gasteiger partial charge in [-0.3, -0.25) is 9.79 Å². The number of methoxy groups -OCH3 is 1. The van der Waals surface area contributed by atoms with Gasteiger partial charge in [0.1, 0.15) is 23.7 Å². The average molecular weight is 369 g/mol. The van der Waals surface area contributed by atoms with E-state index in [1.54, 1.807) is 6.21 Å². The molecular formula is C18H23N7O2. The third-order valence-corrected chi connectivity index (χ3v) is 4.25. The van der Waals surface area contributed by atoms with Crippen molar-refractivity contribution in [1.82, 2.24) is 25.3 Å². The molecule has 0 aliphatic carbocycles. The lowest BCUT2D eigenvalue weighted by Gasteiger charge is -2.12. The number of carbonyl (C=O) groups is 1. The predicted molar refractivity (Wildman–Crippen MR) is 104 cm³/mol. The normalized spacial score (nSPS) is 20.3. The Morgan fingerprint density at radius 1 is 1.48 bits per heavy atom. The van der Waals surface area contributed by atoms with E-state index >= 15 is 0 Å². The highest BCUT2D eigenvalue weighted by molar-refractivity contribution is 6.09. The van der Waals surface area contributed by atoms with Crippen molar-refractivity contribution < 1.29 is 9.53 Å². The molecule has 0 bridgehead atoms. The van der Waals surface area contributed by atoms with E-state index in [4.69, 9.17) is 4.74 Å². The highest BCUT2D eigenvalue weighted by Crippen LogP contribution is 2.22. The van der Waals surface area contributed by atoms with E-state index in [0.29, 0.717) is 41.5 Å². The molecule has 3 rings (SSSR count). The molecule has 1 fully saturated rings. The van der Waals surface area contributed by atoms with E-state index in [2.05, 4.69) is 42.1 Å². The number of hydrogen-bond donors (Lipinski definition) is 3. The van der Waals surface area contributed by atoms with Gasteiger partial charge in [0, 0.05) is 30.1 Å². The van der Waals surface area contributed by atoms with Crippen molar-refractivity contribution in [3.63, 3.8) is 0 Å². The number of hydrogen-bond acceptors (Lipinski definition) is 8. The third-order valence-electron chi connectivity index (χ3n) is 4.25. The minimum Gasteiger partial charge on any atom is -0.468 e. The maximum Gasteiger partial charge on any atom is 0.322 e. The second kappa shape index (κ2) is 8.09. The fourth-order valence-corrected chi connectivity index (χ4v) is 2.89. The van der Waals surface area contributed by atoms with Crippen molar-refractivity contribution in [1.29, 1.82) is 0 Å². The Balaban J connectivity index is 1.82. The highest BCUT2D eigenvalue weighted by Gasteiger charge is 2.30. The number of allylic oxidation sites excluding steroid dienone is 3. The molecular weight excluding hydrogens is 346 g/mol. The van der Waals surface area contributed by atoms with E-state index in [9.17, 15) is 4.79 Å². The number of nitrogens with one attached hydrogen (secondary N) is 3. The zero-order chi connectivity index (χ0) is 19.4. The van der Waals surface area contributed by atoms with Gasteiger partial charge in [-0.2, -0.15) is 0 Å². The molecule has 0 spiro atoms. The zero-order valence-corrected chi connectivity index (χ0v) is 15.6. The van der Waals surface area contributed by atoms with Crippen molar-refractivity contribution in [2.45, 2.75) is 32.4 Å². The van der Waals surface area contributed by atoms with Crippen LogP contribution in [-0.2, 0) is 9.53 Å². The van der Waals surface area contributed by atoms with Gasteiger partial charge >= 0.3 is 5.97 Å². The molecule has 27 heavy (non-hydrogen) atoms. The fourth-order valence-electron chi connectivity index (χ4n) is 2.89. The number of esters is 1. The second-order valence-corrected chi connectivity index (χ2v) is 6.30. The van der Waals surface area contributed by atoms with Gasteiger partial charge in [0.05, 0.1) is 7.11 Å². The molecule has 3 N–H and O–H groups in total. The maximum atomic E-state index is 11.7. The van der Waals surface area contributed by atoms with Crippen LogP contribution in [0.15, 0.2) is 29.7 Å². The number of ether oxygens (including phenoxy) is 1. The van der Waals surface area contributed by atoms with E-state index < -0.39 is 0 Å². The number of aliphatic imine (C=N–C) groups is 1. The summed E-state index contributed by atoms with van der Waals surface area (Å²) < 4.78 is 4.79. The van der Waals surface area contributed by atoms with Crippen LogP contribution in [0, 0.1) is 0 Å². The number of fused-ring (bicyclic) bond motifs is 1. The third kappa shape index (κ3) is 4.20. The monoisotopic (exact) mass is 369 g/mol. The van der Waals surface area contributed by atoms with Crippen LogP contribution >= 0.6 is 0 Å².